The van der Waals surface area contributed by atoms with Crippen molar-refractivity contribution in [2.24, 2.45) is 0 Å². The molecule has 1 aromatic carbocycles. The maximum absolute atomic E-state index is 9.85. The summed E-state index contributed by atoms with van der Waals surface area (Å²) in [6, 6.07) is 8.92. The van der Waals surface area contributed by atoms with Gasteiger partial charge in [-0.05, 0) is 25.1 Å². The Kier molecular flexibility index (Phi) is 5.69. The number of aliphatic hydroxyl groups excluding tert-OH is 1. The van der Waals surface area contributed by atoms with Crippen LogP contribution in [0, 0.1) is 18.3 Å². The number of aryl methyl sites for hydroxylation is 1. The predicted octanol–water partition coefficient (Wildman–Crippen LogP) is 1.85. The molecule has 1 aromatic heterocycles. The summed E-state index contributed by atoms with van der Waals surface area (Å²) in [5.74, 6) is 0.586. The highest BCUT2D eigenvalue weighted by Gasteiger charge is 2.06. The molecule has 110 valence electrons. The van der Waals surface area contributed by atoms with Gasteiger partial charge < -0.3 is 15.2 Å². The van der Waals surface area contributed by atoms with Crippen molar-refractivity contribution in [3.8, 4) is 11.8 Å². The van der Waals surface area contributed by atoms with Gasteiger partial charge in [-0.15, -0.1) is 11.3 Å². The molecule has 0 saturated heterocycles. The molecule has 0 saturated carbocycles. The fourth-order valence-electron chi connectivity index (χ4n) is 1.76. The fourth-order valence-corrected chi connectivity index (χ4v) is 2.38. The molecule has 0 aliphatic carbocycles. The van der Waals surface area contributed by atoms with Gasteiger partial charge in [-0.25, -0.2) is 4.98 Å². The number of aliphatic hydroxyl groups is 1. The zero-order valence-corrected chi connectivity index (χ0v) is 12.6. The summed E-state index contributed by atoms with van der Waals surface area (Å²) in [6.45, 7) is 3.20. The van der Waals surface area contributed by atoms with Gasteiger partial charge in [-0.2, -0.15) is 5.26 Å². The molecule has 2 rings (SSSR count). The number of hydrogen-bond donors (Lipinski definition) is 2. The molecule has 21 heavy (non-hydrogen) atoms. The first-order valence-corrected chi connectivity index (χ1v) is 7.48. The van der Waals surface area contributed by atoms with Crippen LogP contribution in [0.25, 0.3) is 0 Å². The molecule has 0 fully saturated rings. The van der Waals surface area contributed by atoms with Crippen molar-refractivity contribution in [3.63, 3.8) is 0 Å². The third kappa shape index (κ3) is 5.16. The van der Waals surface area contributed by atoms with Crippen LogP contribution in [0.15, 0.2) is 29.6 Å². The average Bonchev–Trinajstić information content (AvgIpc) is 2.91. The minimum Gasteiger partial charge on any atom is -0.491 e. The van der Waals surface area contributed by atoms with Crippen molar-refractivity contribution >= 4 is 11.3 Å². The Balaban J connectivity index is 1.69. The van der Waals surface area contributed by atoms with E-state index in [1.54, 1.807) is 35.6 Å². The number of nitrogens with one attached hydrogen (secondary N) is 1. The van der Waals surface area contributed by atoms with E-state index in [-0.39, 0.29) is 6.61 Å². The first-order valence-electron chi connectivity index (χ1n) is 6.60. The van der Waals surface area contributed by atoms with Crippen LogP contribution in [0.2, 0.25) is 0 Å². The number of ether oxygens (including phenoxy) is 1. The second-order valence-electron chi connectivity index (χ2n) is 4.59. The van der Waals surface area contributed by atoms with E-state index in [2.05, 4.69) is 10.3 Å². The molecule has 5 nitrogen and oxygen atoms in total. The molecule has 2 aromatic rings. The SMILES string of the molecule is Cc1nc(CNCC(O)COc2cccc(C#N)c2)cs1. The average molecular weight is 303 g/mol. The van der Waals surface area contributed by atoms with E-state index >= 15 is 0 Å². The monoisotopic (exact) mass is 303 g/mol. The van der Waals surface area contributed by atoms with Gasteiger partial charge in [0.2, 0.25) is 0 Å². The van der Waals surface area contributed by atoms with Crippen LogP contribution in [0.3, 0.4) is 0 Å². The van der Waals surface area contributed by atoms with E-state index < -0.39 is 6.10 Å². The summed E-state index contributed by atoms with van der Waals surface area (Å²) in [7, 11) is 0. The molecular weight excluding hydrogens is 286 g/mol. The van der Waals surface area contributed by atoms with Gasteiger partial charge in [0.1, 0.15) is 18.5 Å². The lowest BCUT2D eigenvalue weighted by Crippen LogP contribution is -2.31. The van der Waals surface area contributed by atoms with Crippen molar-refractivity contribution in [2.75, 3.05) is 13.2 Å². The highest BCUT2D eigenvalue weighted by Crippen LogP contribution is 2.12. The standard InChI is InChI=1S/C15H17N3O2S/c1-11-18-13(10-21-11)7-17-8-14(19)9-20-15-4-2-3-12(5-15)6-16/h2-5,10,14,17,19H,7-9H2,1H3. The molecule has 2 N–H and O–H groups in total. The lowest BCUT2D eigenvalue weighted by molar-refractivity contribution is 0.106. The molecule has 0 aliphatic rings. The van der Waals surface area contributed by atoms with E-state index in [4.69, 9.17) is 10.00 Å². The van der Waals surface area contributed by atoms with Crippen LogP contribution in [0.4, 0.5) is 0 Å². The van der Waals surface area contributed by atoms with Crippen LogP contribution in [-0.2, 0) is 6.54 Å². The van der Waals surface area contributed by atoms with Gasteiger partial charge in [0.05, 0.1) is 22.3 Å². The van der Waals surface area contributed by atoms with Crippen molar-refractivity contribution < 1.29 is 9.84 Å². The summed E-state index contributed by atoms with van der Waals surface area (Å²) in [5, 5.41) is 24.8. The zero-order chi connectivity index (χ0) is 15.1. The fraction of sp³-hybridized carbons (Fsp3) is 0.333. The van der Waals surface area contributed by atoms with Crippen LogP contribution in [0.1, 0.15) is 16.3 Å². The summed E-state index contributed by atoms with van der Waals surface area (Å²) >= 11 is 1.61. The van der Waals surface area contributed by atoms with E-state index in [1.807, 2.05) is 18.4 Å². The molecule has 1 heterocycles. The molecule has 1 unspecified atom stereocenters. The van der Waals surface area contributed by atoms with E-state index in [0.29, 0.717) is 24.4 Å². The Bertz CT molecular complexity index is 621. The van der Waals surface area contributed by atoms with E-state index in [0.717, 1.165) is 10.7 Å². The van der Waals surface area contributed by atoms with Crippen LogP contribution < -0.4 is 10.1 Å². The number of aromatic nitrogens is 1. The molecule has 0 bridgehead atoms. The second kappa shape index (κ2) is 7.74. The summed E-state index contributed by atoms with van der Waals surface area (Å²) in [5.41, 5.74) is 1.52. The van der Waals surface area contributed by atoms with Gasteiger partial charge in [-0.3, -0.25) is 0 Å². The van der Waals surface area contributed by atoms with E-state index in [1.165, 1.54) is 0 Å². The minimum absolute atomic E-state index is 0.179. The third-order valence-electron chi connectivity index (χ3n) is 2.76. The zero-order valence-electron chi connectivity index (χ0n) is 11.7. The Morgan fingerprint density at radius 2 is 2.38 bits per heavy atom. The Labute approximate surface area is 127 Å². The number of nitriles is 1. The van der Waals surface area contributed by atoms with Gasteiger partial charge in [0.15, 0.2) is 0 Å². The molecule has 0 aliphatic heterocycles. The largest absolute Gasteiger partial charge is 0.491 e. The Hall–Kier alpha value is -1.94. The number of hydrogen-bond acceptors (Lipinski definition) is 6. The quantitative estimate of drug-likeness (QED) is 0.816. The summed E-state index contributed by atoms with van der Waals surface area (Å²) in [6.07, 6.45) is -0.615. The number of rotatable bonds is 7. The van der Waals surface area contributed by atoms with Gasteiger partial charge >= 0.3 is 0 Å². The molecular formula is C15H17N3O2S. The lowest BCUT2D eigenvalue weighted by Gasteiger charge is -2.13. The third-order valence-corrected chi connectivity index (χ3v) is 3.58. The normalized spacial score (nSPS) is 11.9. The lowest BCUT2D eigenvalue weighted by atomic mass is 10.2. The smallest absolute Gasteiger partial charge is 0.120 e. The van der Waals surface area contributed by atoms with Gasteiger partial charge in [0.25, 0.3) is 0 Å². The predicted molar refractivity (Wildman–Crippen MR) is 81.2 cm³/mol. The first-order chi connectivity index (χ1) is 10.2. The van der Waals surface area contributed by atoms with Crippen molar-refractivity contribution in [3.05, 3.63) is 45.9 Å². The molecule has 0 spiro atoms. The second-order valence-corrected chi connectivity index (χ2v) is 5.66. The maximum Gasteiger partial charge on any atom is 0.120 e. The van der Waals surface area contributed by atoms with Crippen LogP contribution >= 0.6 is 11.3 Å². The maximum atomic E-state index is 9.85. The molecule has 0 radical (unpaired) electrons. The van der Waals surface area contributed by atoms with E-state index in [9.17, 15) is 5.11 Å². The van der Waals surface area contributed by atoms with Crippen molar-refractivity contribution in [1.29, 1.82) is 5.26 Å². The Morgan fingerprint density at radius 3 is 3.10 bits per heavy atom. The van der Waals surface area contributed by atoms with Crippen molar-refractivity contribution in [2.45, 2.75) is 19.6 Å². The minimum atomic E-state index is -0.615. The van der Waals surface area contributed by atoms with Gasteiger partial charge in [-0.1, -0.05) is 6.07 Å². The van der Waals surface area contributed by atoms with Crippen LogP contribution in [-0.4, -0.2) is 29.3 Å². The van der Waals surface area contributed by atoms with Gasteiger partial charge in [0, 0.05) is 18.5 Å². The highest BCUT2D eigenvalue weighted by atomic mass is 32.1. The summed E-state index contributed by atoms with van der Waals surface area (Å²) in [4.78, 5) is 4.33. The van der Waals surface area contributed by atoms with Crippen molar-refractivity contribution in [1.82, 2.24) is 10.3 Å². The van der Waals surface area contributed by atoms with Crippen LogP contribution in [0.5, 0.6) is 5.75 Å². The Morgan fingerprint density at radius 1 is 1.52 bits per heavy atom. The molecule has 0 amide bonds. The highest BCUT2D eigenvalue weighted by molar-refractivity contribution is 7.09. The molecule has 6 heteroatoms. The topological polar surface area (TPSA) is 78.2 Å². The number of thiazole rings is 1. The number of nitrogens with zero attached hydrogens (tertiary/aromatic N) is 2. The molecule has 1 atom stereocenters. The number of benzene rings is 1. The first kappa shape index (κ1) is 15.4. The summed E-state index contributed by atoms with van der Waals surface area (Å²) < 4.78 is 5.46.